The Labute approximate surface area is 244 Å². The number of para-hydroxylation sites is 2. The first kappa shape index (κ1) is 26.4. The highest BCUT2D eigenvalue weighted by atomic mass is 19.1. The summed E-state index contributed by atoms with van der Waals surface area (Å²) in [5.74, 6) is 1.67. The van der Waals surface area contributed by atoms with E-state index in [0.717, 1.165) is 68.1 Å². The van der Waals surface area contributed by atoms with E-state index in [-0.39, 0.29) is 12.0 Å². The summed E-state index contributed by atoms with van der Waals surface area (Å²) in [7, 11) is 0. The number of aromatic nitrogens is 5. The lowest BCUT2D eigenvalue weighted by molar-refractivity contribution is 0.191. The maximum absolute atomic E-state index is 14.3. The predicted molar refractivity (Wildman–Crippen MR) is 156 cm³/mol. The van der Waals surface area contributed by atoms with Crippen LogP contribution in [0, 0.1) is 23.1 Å². The van der Waals surface area contributed by atoms with Crippen molar-refractivity contribution >= 4 is 11.0 Å². The summed E-state index contributed by atoms with van der Waals surface area (Å²) in [4.78, 5) is 16.8. The van der Waals surface area contributed by atoms with E-state index in [0.29, 0.717) is 22.9 Å². The van der Waals surface area contributed by atoms with Crippen LogP contribution in [0.2, 0.25) is 0 Å². The number of hydrogen-bond acceptors (Lipinski definition) is 6. The molecule has 2 aromatic carbocycles. The van der Waals surface area contributed by atoms with Gasteiger partial charge in [0.2, 0.25) is 5.88 Å². The third-order valence-electron chi connectivity index (χ3n) is 8.93. The molecule has 9 heteroatoms. The van der Waals surface area contributed by atoms with Crippen molar-refractivity contribution in [3.05, 3.63) is 107 Å². The first-order chi connectivity index (χ1) is 20.6. The lowest BCUT2D eigenvalue weighted by Crippen LogP contribution is -2.37. The average Bonchev–Trinajstić information content (AvgIpc) is 3.41. The maximum Gasteiger partial charge on any atom is 0.213 e. The second kappa shape index (κ2) is 10.7. The normalized spacial score (nSPS) is 19.9. The SMILES string of the molecule is CCn1cncc1Cn1c(CN2CC[C@@]3(c4cccc(OCc5ccc(C#N)cc5F)n4)C[C@H]3C2)nc2ccccc21. The summed E-state index contributed by atoms with van der Waals surface area (Å²) in [5, 5.41) is 8.97. The molecule has 212 valence electrons. The van der Waals surface area contributed by atoms with Crippen molar-refractivity contribution in [3.63, 3.8) is 0 Å². The number of pyridine rings is 1. The van der Waals surface area contributed by atoms with Gasteiger partial charge in [0.05, 0.1) is 53.5 Å². The number of aryl methyl sites for hydroxylation is 1. The van der Waals surface area contributed by atoms with E-state index in [4.69, 9.17) is 20.0 Å². The minimum atomic E-state index is -0.442. The standard InChI is InChI=1S/C33H32FN7O/c1-2-40-22-36-17-26(40)19-41-29-7-4-3-6-28(29)37-31(41)20-39-13-12-33(15-25(33)18-39)30-8-5-9-32(38-30)42-21-24-11-10-23(16-35)14-27(24)34/h3-11,14,17,22,25H,2,12-13,15,18-21H2,1H3/t25-,33+/m0/s1. The third kappa shape index (κ3) is 4.82. The molecule has 5 aromatic rings. The largest absolute Gasteiger partial charge is 0.473 e. The fourth-order valence-corrected chi connectivity index (χ4v) is 6.48. The first-order valence-electron chi connectivity index (χ1n) is 14.5. The zero-order valence-electron chi connectivity index (χ0n) is 23.6. The fraction of sp³-hybridized carbons (Fsp3) is 0.333. The third-order valence-corrected chi connectivity index (χ3v) is 8.93. The molecule has 0 N–H and O–H groups in total. The zero-order valence-corrected chi connectivity index (χ0v) is 23.6. The van der Waals surface area contributed by atoms with Crippen LogP contribution in [0.25, 0.3) is 11.0 Å². The number of hydrogen-bond donors (Lipinski definition) is 0. The molecular weight excluding hydrogens is 529 g/mol. The number of likely N-dealkylation sites (tertiary alicyclic amines) is 1. The van der Waals surface area contributed by atoms with Crippen LogP contribution in [-0.2, 0) is 31.7 Å². The van der Waals surface area contributed by atoms with E-state index in [9.17, 15) is 4.39 Å². The van der Waals surface area contributed by atoms with Gasteiger partial charge in [-0.15, -0.1) is 0 Å². The lowest BCUT2D eigenvalue weighted by Gasteiger charge is -2.31. The highest BCUT2D eigenvalue weighted by molar-refractivity contribution is 5.76. The predicted octanol–water partition coefficient (Wildman–Crippen LogP) is 5.45. The molecular formula is C33H32FN7O. The fourth-order valence-electron chi connectivity index (χ4n) is 6.48. The Morgan fingerprint density at radius 1 is 1.10 bits per heavy atom. The summed E-state index contributed by atoms with van der Waals surface area (Å²) in [6.45, 7) is 6.61. The Hall–Kier alpha value is -4.55. The van der Waals surface area contributed by atoms with Crippen LogP contribution < -0.4 is 4.74 Å². The second-order valence-electron chi connectivity index (χ2n) is 11.4. The van der Waals surface area contributed by atoms with Crippen molar-refractivity contribution in [1.29, 1.82) is 5.26 Å². The van der Waals surface area contributed by atoms with E-state index in [2.05, 4.69) is 50.2 Å². The summed E-state index contributed by atoms with van der Waals surface area (Å²) >= 11 is 0. The molecule has 8 nitrogen and oxygen atoms in total. The van der Waals surface area contributed by atoms with Gasteiger partial charge in [-0.3, -0.25) is 4.90 Å². The molecule has 2 atom stereocenters. The number of nitrogens with zero attached hydrogens (tertiary/aromatic N) is 7. The molecule has 3 aromatic heterocycles. The molecule has 1 saturated carbocycles. The van der Waals surface area contributed by atoms with E-state index in [1.54, 1.807) is 12.1 Å². The summed E-state index contributed by atoms with van der Waals surface area (Å²) in [6.07, 6.45) is 5.98. The average molecular weight is 562 g/mol. The van der Waals surface area contributed by atoms with Crippen LogP contribution in [0.5, 0.6) is 5.88 Å². The topological polar surface area (TPSA) is 84.8 Å². The monoisotopic (exact) mass is 561 g/mol. The van der Waals surface area contributed by atoms with Crippen LogP contribution in [0.3, 0.4) is 0 Å². The van der Waals surface area contributed by atoms with Crippen LogP contribution >= 0.6 is 0 Å². The minimum Gasteiger partial charge on any atom is -0.473 e. The molecule has 4 heterocycles. The van der Waals surface area contributed by atoms with E-state index in [1.165, 1.54) is 11.8 Å². The number of halogens is 1. The van der Waals surface area contributed by atoms with Gasteiger partial charge in [-0.25, -0.2) is 19.3 Å². The maximum atomic E-state index is 14.3. The van der Waals surface area contributed by atoms with Gasteiger partial charge in [-0.1, -0.05) is 24.3 Å². The molecule has 2 aliphatic rings. The number of fused-ring (bicyclic) bond motifs is 2. The van der Waals surface area contributed by atoms with Gasteiger partial charge in [-0.2, -0.15) is 5.26 Å². The molecule has 0 spiro atoms. The van der Waals surface area contributed by atoms with Crippen LogP contribution in [0.4, 0.5) is 4.39 Å². The van der Waals surface area contributed by atoms with Gasteiger partial charge < -0.3 is 13.9 Å². The van der Waals surface area contributed by atoms with Crippen molar-refractivity contribution in [2.24, 2.45) is 5.92 Å². The van der Waals surface area contributed by atoms with Gasteiger partial charge in [0.15, 0.2) is 0 Å². The second-order valence-corrected chi connectivity index (χ2v) is 11.4. The van der Waals surface area contributed by atoms with Crippen LogP contribution in [-0.4, -0.2) is 42.1 Å². The first-order valence-corrected chi connectivity index (χ1v) is 14.5. The highest BCUT2D eigenvalue weighted by Gasteiger charge is 2.58. The van der Waals surface area contributed by atoms with Crippen molar-refractivity contribution in [1.82, 2.24) is 29.0 Å². The molecule has 7 rings (SSSR count). The van der Waals surface area contributed by atoms with Crippen molar-refractivity contribution < 1.29 is 9.13 Å². The number of ether oxygens (including phenoxy) is 1. The summed E-state index contributed by atoms with van der Waals surface area (Å²) < 4.78 is 24.7. The number of nitriles is 1. The number of rotatable bonds is 9. The molecule has 2 fully saturated rings. The molecule has 1 saturated heterocycles. The Balaban J connectivity index is 1.04. The molecule has 42 heavy (non-hydrogen) atoms. The zero-order chi connectivity index (χ0) is 28.7. The number of imidazole rings is 2. The quantitative estimate of drug-likeness (QED) is 0.238. The van der Waals surface area contributed by atoms with Gasteiger partial charge in [-0.05, 0) is 62.6 Å². The van der Waals surface area contributed by atoms with Gasteiger partial charge in [0.25, 0.3) is 0 Å². The van der Waals surface area contributed by atoms with Crippen molar-refractivity contribution in [2.45, 2.75) is 51.4 Å². The highest BCUT2D eigenvalue weighted by Crippen LogP contribution is 2.58. The molecule has 1 aliphatic heterocycles. The lowest BCUT2D eigenvalue weighted by atomic mass is 9.91. The summed E-state index contributed by atoms with van der Waals surface area (Å²) in [5.41, 5.74) is 5.18. The van der Waals surface area contributed by atoms with E-state index in [1.807, 2.05) is 36.8 Å². The van der Waals surface area contributed by atoms with Crippen molar-refractivity contribution in [2.75, 3.05) is 13.1 Å². The Morgan fingerprint density at radius 3 is 2.83 bits per heavy atom. The Bertz CT molecular complexity index is 1800. The minimum absolute atomic E-state index is 0.0677. The van der Waals surface area contributed by atoms with Gasteiger partial charge in [0, 0.05) is 36.3 Å². The van der Waals surface area contributed by atoms with Gasteiger partial charge in [0.1, 0.15) is 18.2 Å². The van der Waals surface area contributed by atoms with E-state index >= 15 is 0 Å². The molecule has 1 aliphatic carbocycles. The summed E-state index contributed by atoms with van der Waals surface area (Å²) in [6, 6.07) is 20.6. The Kier molecular flexibility index (Phi) is 6.71. The van der Waals surface area contributed by atoms with Crippen LogP contribution in [0.1, 0.15) is 48.1 Å². The van der Waals surface area contributed by atoms with Crippen molar-refractivity contribution in [3.8, 4) is 11.9 Å². The van der Waals surface area contributed by atoms with Crippen LogP contribution in [0.15, 0.2) is 73.2 Å². The Morgan fingerprint density at radius 2 is 2.00 bits per heavy atom. The molecule has 0 bridgehead atoms. The molecule has 0 amide bonds. The smallest absolute Gasteiger partial charge is 0.213 e. The molecule has 0 unspecified atom stereocenters. The van der Waals surface area contributed by atoms with E-state index < -0.39 is 5.82 Å². The molecule has 0 radical (unpaired) electrons. The number of piperidine rings is 1. The number of benzene rings is 2. The van der Waals surface area contributed by atoms with Gasteiger partial charge >= 0.3 is 0 Å².